The van der Waals surface area contributed by atoms with E-state index in [9.17, 15) is 4.79 Å². The van der Waals surface area contributed by atoms with E-state index in [1.807, 2.05) is 18.0 Å². The molecule has 0 aromatic carbocycles. The number of allylic oxidation sites excluding steroid dienone is 3. The molecule has 0 bridgehead atoms. The highest BCUT2D eigenvalue weighted by Crippen LogP contribution is 2.57. The molecule has 0 aromatic rings. The summed E-state index contributed by atoms with van der Waals surface area (Å²) in [5.41, 5.74) is 1.18. The van der Waals surface area contributed by atoms with Crippen LogP contribution in [0, 0.1) is 11.8 Å². The predicted molar refractivity (Wildman–Crippen MR) is 91.2 cm³/mol. The van der Waals surface area contributed by atoms with Gasteiger partial charge in [-0.1, -0.05) is 12.2 Å². The maximum Gasteiger partial charge on any atom is 0.226 e. The number of thioether (sulfide) groups is 1. The Morgan fingerprint density at radius 1 is 1.41 bits per heavy atom. The third-order valence-electron chi connectivity index (χ3n) is 5.41. The van der Waals surface area contributed by atoms with Gasteiger partial charge in [0.1, 0.15) is 0 Å². The fraction of sp³-hybridized carbons (Fsp3) is 0.647. The van der Waals surface area contributed by atoms with Crippen LogP contribution in [0.4, 0.5) is 0 Å². The number of hydrogen-bond acceptors (Lipinski definition) is 4. The van der Waals surface area contributed by atoms with Gasteiger partial charge in [0.2, 0.25) is 5.91 Å². The summed E-state index contributed by atoms with van der Waals surface area (Å²) >= 11 is 1.97. The van der Waals surface area contributed by atoms with Crippen LogP contribution in [0.2, 0.25) is 0 Å². The largest absolute Gasteiger partial charge is 0.341 e. The number of nitrogens with one attached hydrogen (secondary N) is 1. The summed E-state index contributed by atoms with van der Waals surface area (Å²) in [7, 11) is 0. The van der Waals surface area contributed by atoms with Gasteiger partial charge in [-0.25, -0.2) is 0 Å². The molecule has 3 aliphatic heterocycles. The lowest BCUT2D eigenvalue weighted by atomic mass is 9.73. The zero-order chi connectivity index (χ0) is 15.0. The highest BCUT2D eigenvalue weighted by Gasteiger charge is 2.55. The molecule has 0 radical (unpaired) electrons. The number of aliphatic imine (C=N–C) groups is 1. The number of carbonyl (C=O) groups is 1. The Kier molecular flexibility index (Phi) is 3.86. The molecular weight excluding hydrogens is 294 g/mol. The molecule has 3 unspecified atom stereocenters. The van der Waals surface area contributed by atoms with Crippen LogP contribution in [0.5, 0.6) is 0 Å². The SMILES string of the molecule is O=C(C1CSC23CC=CC=C2N=CCC13)N1CCCNCC1. The van der Waals surface area contributed by atoms with Crippen molar-refractivity contribution in [3.8, 4) is 0 Å². The van der Waals surface area contributed by atoms with Crippen molar-refractivity contribution in [2.45, 2.75) is 24.0 Å². The summed E-state index contributed by atoms with van der Waals surface area (Å²) < 4.78 is 0.0634. The standard InChI is InChI=1S/C17H23N3OS/c21-16(20-10-3-7-18-9-11-20)13-12-22-17-6-2-1-4-15(17)19-8-5-14(13)17/h1-2,4,8,13-14,18H,3,5-7,9-12H2. The Morgan fingerprint density at radius 3 is 3.32 bits per heavy atom. The molecule has 4 aliphatic rings. The van der Waals surface area contributed by atoms with Crippen molar-refractivity contribution in [2.75, 3.05) is 31.9 Å². The van der Waals surface area contributed by atoms with Crippen LogP contribution in [0.15, 0.2) is 28.9 Å². The van der Waals surface area contributed by atoms with Crippen molar-refractivity contribution in [2.24, 2.45) is 16.8 Å². The van der Waals surface area contributed by atoms with Crippen molar-refractivity contribution in [1.82, 2.24) is 10.2 Å². The molecule has 1 N–H and O–H groups in total. The number of rotatable bonds is 1. The molecule has 22 heavy (non-hydrogen) atoms. The summed E-state index contributed by atoms with van der Waals surface area (Å²) in [4.78, 5) is 19.8. The molecule has 4 rings (SSSR count). The van der Waals surface area contributed by atoms with Gasteiger partial charge in [0.25, 0.3) is 0 Å². The molecule has 5 heteroatoms. The number of nitrogens with zero attached hydrogens (tertiary/aromatic N) is 2. The average molecular weight is 317 g/mol. The van der Waals surface area contributed by atoms with E-state index >= 15 is 0 Å². The molecule has 118 valence electrons. The second-order valence-corrected chi connectivity index (χ2v) is 7.92. The van der Waals surface area contributed by atoms with Crippen molar-refractivity contribution in [1.29, 1.82) is 0 Å². The monoisotopic (exact) mass is 317 g/mol. The lowest BCUT2D eigenvalue weighted by molar-refractivity contribution is -0.136. The molecular formula is C17H23N3OS. The van der Waals surface area contributed by atoms with Gasteiger partial charge >= 0.3 is 0 Å². The summed E-state index contributed by atoms with van der Waals surface area (Å²) in [6, 6.07) is 0. The van der Waals surface area contributed by atoms with Gasteiger partial charge in [0.15, 0.2) is 0 Å². The van der Waals surface area contributed by atoms with E-state index in [0.29, 0.717) is 11.8 Å². The Morgan fingerprint density at radius 2 is 2.36 bits per heavy atom. The molecule has 3 atom stereocenters. The van der Waals surface area contributed by atoms with E-state index in [0.717, 1.165) is 51.2 Å². The lowest BCUT2D eigenvalue weighted by Gasteiger charge is -2.40. The molecule has 3 heterocycles. The van der Waals surface area contributed by atoms with Crippen molar-refractivity contribution >= 4 is 23.9 Å². The third-order valence-corrected chi connectivity index (χ3v) is 7.13. The fourth-order valence-corrected chi connectivity index (χ4v) is 6.03. The Balaban J connectivity index is 1.57. The first-order valence-electron chi connectivity index (χ1n) is 8.34. The molecule has 4 nitrogen and oxygen atoms in total. The van der Waals surface area contributed by atoms with Gasteiger partial charge in [-0.2, -0.15) is 0 Å². The number of amides is 1. The summed E-state index contributed by atoms with van der Waals surface area (Å²) in [6.07, 6.45) is 11.6. The van der Waals surface area contributed by atoms with Crippen LogP contribution >= 0.6 is 11.8 Å². The second kappa shape index (κ2) is 5.85. The van der Waals surface area contributed by atoms with Crippen LogP contribution in [0.1, 0.15) is 19.3 Å². The van der Waals surface area contributed by atoms with Crippen LogP contribution in [-0.4, -0.2) is 53.7 Å². The highest BCUT2D eigenvalue weighted by molar-refractivity contribution is 8.01. The second-order valence-electron chi connectivity index (χ2n) is 6.57. The maximum atomic E-state index is 13.1. The first-order valence-corrected chi connectivity index (χ1v) is 9.33. The number of hydrogen-bond donors (Lipinski definition) is 1. The van der Waals surface area contributed by atoms with E-state index in [2.05, 4.69) is 33.4 Å². The van der Waals surface area contributed by atoms with Crippen LogP contribution in [-0.2, 0) is 4.79 Å². The van der Waals surface area contributed by atoms with Gasteiger partial charge in [0, 0.05) is 31.6 Å². The minimum absolute atomic E-state index is 0.0634. The van der Waals surface area contributed by atoms with Crippen molar-refractivity contribution < 1.29 is 4.79 Å². The predicted octanol–water partition coefficient (Wildman–Crippen LogP) is 1.84. The zero-order valence-electron chi connectivity index (χ0n) is 12.8. The fourth-order valence-electron chi connectivity index (χ4n) is 4.22. The minimum Gasteiger partial charge on any atom is -0.341 e. The van der Waals surface area contributed by atoms with Crippen LogP contribution in [0.3, 0.4) is 0 Å². The van der Waals surface area contributed by atoms with Gasteiger partial charge in [-0.05, 0) is 37.8 Å². The molecule has 1 amide bonds. The topological polar surface area (TPSA) is 44.7 Å². The van der Waals surface area contributed by atoms with Gasteiger partial charge < -0.3 is 10.2 Å². The molecule has 2 fully saturated rings. The van der Waals surface area contributed by atoms with Crippen molar-refractivity contribution in [3.05, 3.63) is 23.9 Å². The lowest BCUT2D eigenvalue weighted by Crippen LogP contribution is -2.45. The Labute approximate surface area is 136 Å². The van der Waals surface area contributed by atoms with Crippen LogP contribution < -0.4 is 5.32 Å². The minimum atomic E-state index is 0.0634. The summed E-state index contributed by atoms with van der Waals surface area (Å²) in [6.45, 7) is 3.72. The summed E-state index contributed by atoms with van der Waals surface area (Å²) in [5.74, 6) is 1.89. The van der Waals surface area contributed by atoms with Crippen LogP contribution in [0.25, 0.3) is 0 Å². The van der Waals surface area contributed by atoms with Gasteiger partial charge in [-0.15, -0.1) is 11.8 Å². The van der Waals surface area contributed by atoms with Gasteiger partial charge in [-0.3, -0.25) is 9.79 Å². The molecule has 0 aromatic heterocycles. The maximum absolute atomic E-state index is 13.1. The molecule has 1 spiro atoms. The Hall–Kier alpha value is -1.07. The normalized spacial score (nSPS) is 37.3. The van der Waals surface area contributed by atoms with Crippen molar-refractivity contribution in [3.63, 3.8) is 0 Å². The molecule has 2 saturated heterocycles. The first-order chi connectivity index (χ1) is 10.8. The average Bonchev–Trinajstić information content (AvgIpc) is 2.74. The molecule has 0 saturated carbocycles. The summed E-state index contributed by atoms with van der Waals surface area (Å²) in [5, 5.41) is 3.38. The quantitative estimate of drug-likeness (QED) is 0.803. The van der Waals surface area contributed by atoms with E-state index in [-0.39, 0.29) is 10.7 Å². The van der Waals surface area contributed by atoms with E-state index < -0.39 is 0 Å². The van der Waals surface area contributed by atoms with E-state index in [1.54, 1.807) is 0 Å². The van der Waals surface area contributed by atoms with Gasteiger partial charge in [0.05, 0.1) is 16.4 Å². The Bertz CT molecular complexity index is 548. The highest BCUT2D eigenvalue weighted by atomic mass is 32.2. The van der Waals surface area contributed by atoms with E-state index in [4.69, 9.17) is 0 Å². The first kappa shape index (κ1) is 14.5. The smallest absolute Gasteiger partial charge is 0.226 e. The zero-order valence-corrected chi connectivity index (χ0v) is 13.6. The number of carbonyl (C=O) groups excluding carboxylic acids is 1. The van der Waals surface area contributed by atoms with E-state index in [1.165, 1.54) is 5.70 Å². The third kappa shape index (κ3) is 2.26. The molecule has 1 aliphatic carbocycles.